The second kappa shape index (κ2) is 10.3. The van der Waals surface area contributed by atoms with Crippen LogP contribution in [0.15, 0.2) is 45.8 Å². The van der Waals surface area contributed by atoms with Crippen LogP contribution in [0, 0.1) is 5.82 Å². The van der Waals surface area contributed by atoms with E-state index in [9.17, 15) is 17.6 Å². The number of nitrogens with zero attached hydrogens (tertiary/aromatic N) is 3. The van der Waals surface area contributed by atoms with Crippen molar-refractivity contribution in [2.24, 2.45) is 0 Å². The lowest BCUT2D eigenvalue weighted by molar-refractivity contribution is -0.116. The molecule has 1 fully saturated rings. The van der Waals surface area contributed by atoms with Gasteiger partial charge in [0.25, 0.3) is 0 Å². The van der Waals surface area contributed by atoms with Crippen molar-refractivity contribution in [2.45, 2.75) is 37.6 Å². The van der Waals surface area contributed by atoms with Crippen molar-refractivity contribution in [1.82, 2.24) is 9.62 Å². The normalized spacial score (nSPS) is 18.9. The van der Waals surface area contributed by atoms with Crippen molar-refractivity contribution in [2.75, 3.05) is 49.1 Å². The first-order valence-electron chi connectivity index (χ1n) is 11.5. The fraction of sp³-hybridized carbons (Fsp3) is 0.458. The van der Waals surface area contributed by atoms with E-state index in [1.54, 1.807) is 23.1 Å². The van der Waals surface area contributed by atoms with E-state index in [2.05, 4.69) is 25.6 Å². The van der Waals surface area contributed by atoms with Gasteiger partial charge in [0.15, 0.2) is 0 Å². The summed E-state index contributed by atoms with van der Waals surface area (Å²) in [5.74, 6) is -0.373. The molecule has 2 aromatic rings. The van der Waals surface area contributed by atoms with Crippen LogP contribution in [0.5, 0.6) is 0 Å². The zero-order chi connectivity index (χ0) is 24.5. The average molecular weight is 553 g/mol. The fourth-order valence-electron chi connectivity index (χ4n) is 4.87. The highest BCUT2D eigenvalue weighted by molar-refractivity contribution is 9.10. The summed E-state index contributed by atoms with van der Waals surface area (Å²) in [5.41, 5.74) is 1.97. The molecule has 0 spiro atoms. The van der Waals surface area contributed by atoms with Gasteiger partial charge in [-0.2, -0.15) is 0 Å². The minimum Gasteiger partial charge on any atom is -0.367 e. The first-order valence-corrected chi connectivity index (χ1v) is 13.8. The van der Waals surface area contributed by atoms with Crippen LogP contribution in [0.3, 0.4) is 0 Å². The smallest absolute Gasteiger partial charge is 0.242 e. The van der Waals surface area contributed by atoms with Crippen molar-refractivity contribution < 1.29 is 17.6 Å². The Morgan fingerprint density at radius 2 is 1.88 bits per heavy atom. The van der Waals surface area contributed by atoms with Gasteiger partial charge < -0.3 is 9.80 Å². The minimum absolute atomic E-state index is 0.0845. The summed E-state index contributed by atoms with van der Waals surface area (Å²) in [6.45, 7) is 7.49. The number of carbonyl (C=O) groups is 1. The lowest BCUT2D eigenvalue weighted by atomic mass is 10.1. The molecule has 10 heteroatoms. The molecule has 0 bridgehead atoms. The third-order valence-corrected chi connectivity index (χ3v) is 8.39. The van der Waals surface area contributed by atoms with E-state index in [-0.39, 0.29) is 22.7 Å². The Balaban J connectivity index is 1.33. The summed E-state index contributed by atoms with van der Waals surface area (Å²) in [4.78, 5) is 18.2. The molecule has 2 aliphatic heterocycles. The van der Waals surface area contributed by atoms with Gasteiger partial charge in [0.05, 0.1) is 11.4 Å². The van der Waals surface area contributed by atoms with E-state index >= 15 is 0 Å². The quantitative estimate of drug-likeness (QED) is 0.533. The molecule has 0 radical (unpaired) electrons. The highest BCUT2D eigenvalue weighted by Crippen LogP contribution is 2.40. The van der Waals surface area contributed by atoms with Gasteiger partial charge in [-0.1, -0.05) is 28.1 Å². The van der Waals surface area contributed by atoms with Crippen LogP contribution in [-0.4, -0.2) is 64.5 Å². The number of sulfonamides is 1. The Morgan fingerprint density at radius 1 is 1.18 bits per heavy atom. The molecule has 1 atom stereocenters. The van der Waals surface area contributed by atoms with Crippen LogP contribution in [0.2, 0.25) is 0 Å². The number of fused-ring (bicyclic) bond motifs is 1. The maximum Gasteiger partial charge on any atom is 0.242 e. The molecule has 2 aromatic carbocycles. The third-order valence-electron chi connectivity index (χ3n) is 6.45. The number of para-hydroxylation sites is 1. The van der Waals surface area contributed by atoms with E-state index in [1.165, 1.54) is 13.0 Å². The summed E-state index contributed by atoms with van der Waals surface area (Å²) in [6.07, 6.45) is 1.28. The molecule has 7 nitrogen and oxygen atoms in total. The van der Waals surface area contributed by atoms with Gasteiger partial charge in [-0.3, -0.25) is 9.69 Å². The number of nitrogens with one attached hydrogen (secondary N) is 1. The molecule has 1 saturated heterocycles. The zero-order valence-electron chi connectivity index (χ0n) is 19.4. The lowest BCUT2D eigenvalue weighted by Gasteiger charge is -2.36. The monoisotopic (exact) mass is 552 g/mol. The van der Waals surface area contributed by atoms with Gasteiger partial charge >= 0.3 is 0 Å². The molecule has 4 rings (SSSR count). The predicted octanol–water partition coefficient (Wildman–Crippen LogP) is 3.38. The minimum atomic E-state index is -3.79. The summed E-state index contributed by atoms with van der Waals surface area (Å²) in [7, 11) is -3.79. The second-order valence-electron chi connectivity index (χ2n) is 8.89. The largest absolute Gasteiger partial charge is 0.367 e. The maximum atomic E-state index is 14.0. The molecule has 0 aromatic heterocycles. The Bertz CT molecular complexity index is 1170. The zero-order valence-corrected chi connectivity index (χ0v) is 21.8. The lowest BCUT2D eigenvalue weighted by Crippen LogP contribution is -2.47. The Labute approximate surface area is 209 Å². The van der Waals surface area contributed by atoms with Crippen LogP contribution in [-0.2, 0) is 21.2 Å². The van der Waals surface area contributed by atoms with E-state index in [0.717, 1.165) is 38.3 Å². The Hall–Kier alpha value is -2.01. The van der Waals surface area contributed by atoms with E-state index in [4.69, 9.17) is 0 Å². The molecular weight excluding hydrogens is 523 g/mol. The molecule has 184 valence electrons. The number of benzene rings is 2. The fourth-order valence-corrected chi connectivity index (χ4v) is 6.86. The van der Waals surface area contributed by atoms with Crippen LogP contribution >= 0.6 is 15.9 Å². The highest BCUT2D eigenvalue weighted by Gasteiger charge is 2.35. The molecule has 0 unspecified atom stereocenters. The SMILES string of the molecule is CC(=O)N1c2c(cc(Br)cc2S(=O)(=O)NCCCN2CCN(c3ccccc3F)CC2)C[C@@H]1C. The average Bonchev–Trinajstić information content (AvgIpc) is 3.12. The molecular formula is C24H30BrFN4O3S. The number of halogens is 2. The van der Waals surface area contributed by atoms with Crippen molar-refractivity contribution in [1.29, 1.82) is 0 Å². The molecule has 2 heterocycles. The number of rotatable bonds is 7. The van der Waals surface area contributed by atoms with Crippen molar-refractivity contribution >= 4 is 43.2 Å². The molecule has 2 aliphatic rings. The Morgan fingerprint density at radius 3 is 2.56 bits per heavy atom. The molecule has 0 saturated carbocycles. The standard InChI is InChI=1S/C24H30BrFN4O3S/c1-17-14-19-15-20(25)16-23(24(19)30(17)18(2)31)34(32,33)27-8-5-9-28-10-12-29(13-11-28)22-7-4-3-6-21(22)26/h3-4,6-7,15-17,27H,5,8-14H2,1-2H3/t17-/m0/s1. The topological polar surface area (TPSA) is 73.0 Å². The van der Waals surface area contributed by atoms with Gasteiger partial charge in [0.2, 0.25) is 15.9 Å². The number of hydrogen-bond acceptors (Lipinski definition) is 5. The van der Waals surface area contributed by atoms with Crippen LogP contribution in [0.4, 0.5) is 15.8 Å². The molecule has 1 amide bonds. The first-order chi connectivity index (χ1) is 16.2. The van der Waals surface area contributed by atoms with Crippen molar-refractivity contribution in [3.63, 3.8) is 0 Å². The van der Waals surface area contributed by atoms with E-state index in [1.807, 2.05) is 24.0 Å². The first kappa shape index (κ1) is 25.1. The highest BCUT2D eigenvalue weighted by atomic mass is 79.9. The molecule has 1 N–H and O–H groups in total. The van der Waals surface area contributed by atoms with Gasteiger partial charge in [0.1, 0.15) is 10.7 Å². The number of anilines is 2. The molecule has 34 heavy (non-hydrogen) atoms. The van der Waals surface area contributed by atoms with E-state index < -0.39 is 10.0 Å². The summed E-state index contributed by atoms with van der Waals surface area (Å²) in [6, 6.07) is 10.2. The summed E-state index contributed by atoms with van der Waals surface area (Å²) < 4.78 is 43.8. The van der Waals surface area contributed by atoms with Crippen LogP contribution < -0.4 is 14.5 Å². The Kier molecular flexibility index (Phi) is 7.61. The number of hydrogen-bond donors (Lipinski definition) is 1. The van der Waals surface area contributed by atoms with E-state index in [0.29, 0.717) is 35.2 Å². The number of carbonyl (C=O) groups excluding carboxylic acids is 1. The predicted molar refractivity (Wildman–Crippen MR) is 135 cm³/mol. The van der Waals surface area contributed by atoms with Gasteiger partial charge in [-0.05, 0) is 56.1 Å². The second-order valence-corrected chi connectivity index (χ2v) is 11.5. The number of amides is 1. The summed E-state index contributed by atoms with van der Waals surface area (Å²) >= 11 is 3.42. The van der Waals surface area contributed by atoms with Crippen molar-refractivity contribution in [3.8, 4) is 0 Å². The molecule has 0 aliphatic carbocycles. The van der Waals surface area contributed by atoms with Crippen LogP contribution in [0.25, 0.3) is 0 Å². The number of piperazine rings is 1. The summed E-state index contributed by atoms with van der Waals surface area (Å²) in [5, 5.41) is 0. The van der Waals surface area contributed by atoms with Crippen LogP contribution in [0.1, 0.15) is 25.8 Å². The van der Waals surface area contributed by atoms with Gasteiger partial charge in [-0.25, -0.2) is 17.5 Å². The third kappa shape index (κ3) is 5.30. The maximum absolute atomic E-state index is 14.0. The van der Waals surface area contributed by atoms with Gasteiger partial charge in [-0.15, -0.1) is 0 Å². The van der Waals surface area contributed by atoms with Gasteiger partial charge in [0, 0.05) is 50.2 Å². The van der Waals surface area contributed by atoms with Crippen molar-refractivity contribution in [3.05, 3.63) is 52.3 Å².